The summed E-state index contributed by atoms with van der Waals surface area (Å²) in [6.45, 7) is 7.86. The molecule has 0 aliphatic rings. The van der Waals surface area contributed by atoms with E-state index in [2.05, 4.69) is 25.7 Å². The number of para-hydroxylation sites is 2. The van der Waals surface area contributed by atoms with Crippen molar-refractivity contribution in [1.82, 2.24) is 4.90 Å². The van der Waals surface area contributed by atoms with Crippen LogP contribution < -0.4 is 9.47 Å². The molecule has 0 aromatic heterocycles. The van der Waals surface area contributed by atoms with Gasteiger partial charge < -0.3 is 14.6 Å². The van der Waals surface area contributed by atoms with E-state index in [1.165, 1.54) is 0 Å². The number of carboxylic acids is 1. The second-order valence-electron chi connectivity index (χ2n) is 5.80. The molecule has 0 spiro atoms. The Morgan fingerprint density at radius 1 is 1.19 bits per heavy atom. The lowest BCUT2D eigenvalue weighted by atomic mass is 10.1. The fourth-order valence-corrected chi connectivity index (χ4v) is 2.02. The van der Waals surface area contributed by atoms with Crippen molar-refractivity contribution in [2.45, 2.75) is 32.7 Å². The minimum absolute atomic E-state index is 0.0976. The van der Waals surface area contributed by atoms with Gasteiger partial charge in [-0.25, -0.2) is 0 Å². The predicted molar refractivity (Wildman–Crippen MR) is 82.1 cm³/mol. The van der Waals surface area contributed by atoms with Gasteiger partial charge in [0.25, 0.3) is 0 Å². The Balaban J connectivity index is 2.55. The third kappa shape index (κ3) is 6.04. The summed E-state index contributed by atoms with van der Waals surface area (Å²) in [5, 5.41) is 8.83. The molecule has 0 atom stereocenters. The zero-order valence-corrected chi connectivity index (χ0v) is 13.3. The first-order chi connectivity index (χ1) is 9.84. The molecule has 5 nitrogen and oxygen atoms in total. The second-order valence-corrected chi connectivity index (χ2v) is 5.80. The van der Waals surface area contributed by atoms with Crippen molar-refractivity contribution in [1.29, 1.82) is 0 Å². The van der Waals surface area contributed by atoms with Gasteiger partial charge in [-0.2, -0.15) is 0 Å². The van der Waals surface area contributed by atoms with Crippen LogP contribution >= 0.6 is 0 Å². The van der Waals surface area contributed by atoms with E-state index < -0.39 is 5.97 Å². The Hall–Kier alpha value is -1.75. The van der Waals surface area contributed by atoms with E-state index >= 15 is 0 Å². The quantitative estimate of drug-likeness (QED) is 0.799. The summed E-state index contributed by atoms with van der Waals surface area (Å²) >= 11 is 0. The summed E-state index contributed by atoms with van der Waals surface area (Å²) in [5.74, 6) is 0.618. The molecule has 0 saturated carbocycles. The first-order valence-corrected chi connectivity index (χ1v) is 7.07. The maximum Gasteiger partial charge on any atom is 0.304 e. The molecule has 0 unspecified atom stereocenters. The molecule has 0 aliphatic heterocycles. The van der Waals surface area contributed by atoms with Gasteiger partial charge in [-0.05, 0) is 32.9 Å². The molecule has 0 amide bonds. The number of hydrogen-bond donors (Lipinski definition) is 1. The van der Waals surface area contributed by atoms with Gasteiger partial charge in [-0.1, -0.05) is 12.1 Å². The molecule has 1 rings (SSSR count). The van der Waals surface area contributed by atoms with Crippen molar-refractivity contribution in [3.63, 3.8) is 0 Å². The van der Waals surface area contributed by atoms with E-state index in [0.717, 1.165) is 0 Å². The molecule has 0 aliphatic carbocycles. The van der Waals surface area contributed by atoms with Crippen LogP contribution in [-0.4, -0.2) is 48.3 Å². The van der Waals surface area contributed by atoms with E-state index in [-0.39, 0.29) is 12.0 Å². The molecule has 5 heteroatoms. The van der Waals surface area contributed by atoms with E-state index in [1.807, 2.05) is 24.3 Å². The fraction of sp³-hybridized carbons (Fsp3) is 0.562. The first-order valence-electron chi connectivity index (χ1n) is 7.07. The van der Waals surface area contributed by atoms with E-state index in [1.54, 1.807) is 7.11 Å². The van der Waals surface area contributed by atoms with Crippen LogP contribution in [0.2, 0.25) is 0 Å². The highest BCUT2D eigenvalue weighted by atomic mass is 16.5. The third-order valence-corrected chi connectivity index (χ3v) is 3.23. The Labute approximate surface area is 126 Å². The average Bonchev–Trinajstić information content (AvgIpc) is 2.41. The molecule has 21 heavy (non-hydrogen) atoms. The van der Waals surface area contributed by atoms with Crippen LogP contribution in [0.4, 0.5) is 0 Å². The number of benzene rings is 1. The van der Waals surface area contributed by atoms with Crippen LogP contribution in [0, 0.1) is 0 Å². The minimum atomic E-state index is -0.783. The number of carbonyl (C=O) groups is 1. The summed E-state index contributed by atoms with van der Waals surface area (Å²) in [6.07, 6.45) is 0.131. The Bertz CT molecular complexity index is 454. The lowest BCUT2D eigenvalue weighted by Gasteiger charge is -2.35. The average molecular weight is 295 g/mol. The van der Waals surface area contributed by atoms with Crippen LogP contribution in [0.5, 0.6) is 11.5 Å². The zero-order valence-electron chi connectivity index (χ0n) is 13.3. The standard InChI is InChI=1S/C16H25NO4/c1-16(2,3)17(10-9-15(18)19)11-12-21-14-8-6-5-7-13(14)20-4/h5-8H,9-12H2,1-4H3,(H,18,19). The molecular formula is C16H25NO4. The molecular weight excluding hydrogens is 270 g/mol. The molecule has 0 fully saturated rings. The van der Waals surface area contributed by atoms with E-state index in [4.69, 9.17) is 14.6 Å². The number of aliphatic carboxylic acids is 1. The van der Waals surface area contributed by atoms with Crippen molar-refractivity contribution >= 4 is 5.97 Å². The van der Waals surface area contributed by atoms with Crippen LogP contribution in [0.3, 0.4) is 0 Å². The van der Waals surface area contributed by atoms with E-state index in [9.17, 15) is 4.79 Å². The van der Waals surface area contributed by atoms with Crippen LogP contribution in [0.1, 0.15) is 27.2 Å². The summed E-state index contributed by atoms with van der Waals surface area (Å²) in [7, 11) is 1.61. The number of carboxylic acid groups (broad SMARTS) is 1. The maximum atomic E-state index is 10.7. The van der Waals surface area contributed by atoms with E-state index in [0.29, 0.717) is 31.2 Å². The fourth-order valence-electron chi connectivity index (χ4n) is 2.02. The highest BCUT2D eigenvalue weighted by Gasteiger charge is 2.21. The summed E-state index contributed by atoms with van der Waals surface area (Å²) in [5.41, 5.74) is -0.0976. The molecule has 0 saturated heterocycles. The normalized spacial score (nSPS) is 11.5. The largest absolute Gasteiger partial charge is 0.493 e. The van der Waals surface area contributed by atoms with Gasteiger partial charge in [-0.15, -0.1) is 0 Å². The third-order valence-electron chi connectivity index (χ3n) is 3.23. The van der Waals surface area contributed by atoms with Crippen molar-refractivity contribution in [2.24, 2.45) is 0 Å². The summed E-state index contributed by atoms with van der Waals surface area (Å²) < 4.78 is 11.0. The van der Waals surface area contributed by atoms with Crippen molar-refractivity contribution in [3.8, 4) is 11.5 Å². The minimum Gasteiger partial charge on any atom is -0.493 e. The molecule has 1 N–H and O–H groups in total. The molecule has 0 radical (unpaired) electrons. The lowest BCUT2D eigenvalue weighted by molar-refractivity contribution is -0.137. The van der Waals surface area contributed by atoms with Gasteiger partial charge in [0.15, 0.2) is 11.5 Å². The number of nitrogens with zero attached hydrogens (tertiary/aromatic N) is 1. The number of methoxy groups -OCH3 is 1. The second kappa shape index (κ2) is 7.88. The number of hydrogen-bond acceptors (Lipinski definition) is 4. The monoisotopic (exact) mass is 295 g/mol. The summed E-state index contributed by atoms with van der Waals surface area (Å²) in [6, 6.07) is 7.49. The molecule has 118 valence electrons. The maximum absolute atomic E-state index is 10.7. The number of ether oxygens (including phenoxy) is 2. The Morgan fingerprint density at radius 3 is 2.33 bits per heavy atom. The highest BCUT2D eigenvalue weighted by molar-refractivity contribution is 5.66. The topological polar surface area (TPSA) is 59.0 Å². The van der Waals surface area contributed by atoms with Gasteiger partial charge in [0, 0.05) is 18.6 Å². The van der Waals surface area contributed by atoms with Gasteiger partial charge in [0.1, 0.15) is 6.61 Å². The van der Waals surface area contributed by atoms with Crippen molar-refractivity contribution < 1.29 is 19.4 Å². The van der Waals surface area contributed by atoms with Crippen LogP contribution in [0.15, 0.2) is 24.3 Å². The molecule has 1 aromatic carbocycles. The zero-order chi connectivity index (χ0) is 15.9. The van der Waals surface area contributed by atoms with Gasteiger partial charge in [0.2, 0.25) is 0 Å². The SMILES string of the molecule is COc1ccccc1OCCN(CCC(=O)O)C(C)(C)C. The van der Waals surface area contributed by atoms with Gasteiger partial charge >= 0.3 is 5.97 Å². The van der Waals surface area contributed by atoms with Crippen LogP contribution in [0.25, 0.3) is 0 Å². The first kappa shape index (κ1) is 17.3. The summed E-state index contributed by atoms with van der Waals surface area (Å²) in [4.78, 5) is 12.8. The van der Waals surface area contributed by atoms with Crippen molar-refractivity contribution in [3.05, 3.63) is 24.3 Å². The lowest BCUT2D eigenvalue weighted by Crippen LogP contribution is -2.44. The Morgan fingerprint density at radius 2 is 1.81 bits per heavy atom. The van der Waals surface area contributed by atoms with Crippen molar-refractivity contribution in [2.75, 3.05) is 26.8 Å². The predicted octanol–water partition coefficient (Wildman–Crippen LogP) is 2.65. The number of rotatable bonds is 8. The smallest absolute Gasteiger partial charge is 0.304 e. The van der Waals surface area contributed by atoms with Gasteiger partial charge in [0.05, 0.1) is 13.5 Å². The highest BCUT2D eigenvalue weighted by Crippen LogP contribution is 2.25. The van der Waals surface area contributed by atoms with Crippen LogP contribution in [-0.2, 0) is 4.79 Å². The Kier molecular flexibility index (Phi) is 6.49. The molecule has 1 aromatic rings. The molecule has 0 heterocycles. The molecule has 0 bridgehead atoms. The van der Waals surface area contributed by atoms with Gasteiger partial charge in [-0.3, -0.25) is 9.69 Å².